The Morgan fingerprint density at radius 2 is 1.65 bits per heavy atom. The van der Waals surface area contributed by atoms with Gasteiger partial charge in [-0.25, -0.2) is 4.79 Å². The van der Waals surface area contributed by atoms with Gasteiger partial charge in [0, 0.05) is 61.2 Å². The molecule has 0 aromatic heterocycles. The lowest BCUT2D eigenvalue weighted by atomic mass is 10.1. The molecular weight excluding hydrogens is 416 g/mol. The smallest absolute Gasteiger partial charge is 0.321 e. The van der Waals surface area contributed by atoms with Crippen molar-refractivity contribution in [2.24, 2.45) is 0 Å². The normalized spacial score (nSPS) is 16.9. The lowest BCUT2D eigenvalue weighted by Crippen LogP contribution is -2.50. The Kier molecular flexibility index (Phi) is 6.63. The van der Waals surface area contributed by atoms with Crippen LogP contribution in [0.15, 0.2) is 42.5 Å². The van der Waals surface area contributed by atoms with Crippen molar-refractivity contribution in [2.75, 3.05) is 62.7 Å². The Morgan fingerprint density at radius 3 is 2.35 bits per heavy atom. The average molecular weight is 443 g/mol. The SMILES string of the molecule is Cc1c(NC(=O)N2CCN(c3cccc(Cl)c3)CC2)cccc1C(=O)N1CCOCC1. The van der Waals surface area contributed by atoms with Gasteiger partial charge in [-0.15, -0.1) is 0 Å². The average Bonchev–Trinajstić information content (AvgIpc) is 2.80. The van der Waals surface area contributed by atoms with E-state index in [1.165, 1.54) is 0 Å². The van der Waals surface area contributed by atoms with E-state index in [-0.39, 0.29) is 11.9 Å². The molecule has 2 fully saturated rings. The molecule has 2 aromatic carbocycles. The number of hydrogen-bond donors (Lipinski definition) is 1. The number of nitrogens with one attached hydrogen (secondary N) is 1. The van der Waals surface area contributed by atoms with E-state index < -0.39 is 0 Å². The number of amides is 3. The summed E-state index contributed by atoms with van der Waals surface area (Å²) in [5.74, 6) is -0.0213. The fraction of sp³-hybridized carbons (Fsp3) is 0.391. The Hall–Kier alpha value is -2.77. The second-order valence-corrected chi connectivity index (χ2v) is 8.20. The van der Waals surface area contributed by atoms with Gasteiger partial charge in [0.1, 0.15) is 0 Å². The molecule has 0 aliphatic carbocycles. The summed E-state index contributed by atoms with van der Waals surface area (Å²) in [4.78, 5) is 31.6. The third kappa shape index (κ3) is 4.94. The van der Waals surface area contributed by atoms with Gasteiger partial charge in [-0.2, -0.15) is 0 Å². The first kappa shape index (κ1) is 21.5. The number of benzene rings is 2. The Morgan fingerprint density at radius 1 is 0.935 bits per heavy atom. The van der Waals surface area contributed by atoms with Gasteiger partial charge in [0.15, 0.2) is 0 Å². The first-order valence-electron chi connectivity index (χ1n) is 10.6. The number of carbonyl (C=O) groups is 2. The number of anilines is 2. The number of hydrogen-bond acceptors (Lipinski definition) is 4. The number of carbonyl (C=O) groups excluding carboxylic acids is 2. The first-order chi connectivity index (χ1) is 15.0. The number of rotatable bonds is 3. The molecule has 2 saturated heterocycles. The van der Waals surface area contributed by atoms with Crippen LogP contribution in [-0.2, 0) is 4.74 Å². The van der Waals surface area contributed by atoms with Gasteiger partial charge in [-0.3, -0.25) is 4.79 Å². The van der Waals surface area contributed by atoms with Gasteiger partial charge < -0.3 is 24.8 Å². The van der Waals surface area contributed by atoms with Crippen LogP contribution in [0.25, 0.3) is 0 Å². The Labute approximate surface area is 187 Å². The molecule has 7 nitrogen and oxygen atoms in total. The van der Waals surface area contributed by atoms with Crippen molar-refractivity contribution in [3.05, 3.63) is 58.6 Å². The minimum atomic E-state index is -0.148. The summed E-state index contributed by atoms with van der Waals surface area (Å²) in [6.45, 7) is 6.88. The molecule has 1 N–H and O–H groups in total. The molecule has 8 heteroatoms. The predicted octanol–water partition coefficient (Wildman–Crippen LogP) is 3.47. The second-order valence-electron chi connectivity index (χ2n) is 7.77. The maximum atomic E-state index is 12.9. The molecule has 0 atom stereocenters. The van der Waals surface area contributed by atoms with E-state index in [9.17, 15) is 9.59 Å². The van der Waals surface area contributed by atoms with Crippen LogP contribution in [0.2, 0.25) is 5.02 Å². The number of urea groups is 1. The van der Waals surface area contributed by atoms with Crippen LogP contribution < -0.4 is 10.2 Å². The summed E-state index contributed by atoms with van der Waals surface area (Å²) in [6, 6.07) is 13.1. The summed E-state index contributed by atoms with van der Waals surface area (Å²) >= 11 is 6.10. The van der Waals surface area contributed by atoms with Crippen LogP contribution in [0.3, 0.4) is 0 Å². The molecule has 0 unspecified atom stereocenters. The van der Waals surface area contributed by atoms with Crippen LogP contribution in [0.4, 0.5) is 16.2 Å². The number of piperazine rings is 1. The monoisotopic (exact) mass is 442 g/mol. The van der Waals surface area contributed by atoms with Gasteiger partial charge in [0.25, 0.3) is 5.91 Å². The highest BCUT2D eigenvalue weighted by Crippen LogP contribution is 2.23. The fourth-order valence-electron chi connectivity index (χ4n) is 3.97. The number of halogens is 1. The summed E-state index contributed by atoms with van der Waals surface area (Å²) < 4.78 is 5.33. The lowest BCUT2D eigenvalue weighted by Gasteiger charge is -2.36. The van der Waals surface area contributed by atoms with Gasteiger partial charge >= 0.3 is 6.03 Å². The number of nitrogens with zero attached hydrogens (tertiary/aromatic N) is 3. The van der Waals surface area contributed by atoms with Crippen LogP contribution in [0.1, 0.15) is 15.9 Å². The third-order valence-corrected chi connectivity index (χ3v) is 6.08. The van der Waals surface area contributed by atoms with Gasteiger partial charge in [0.05, 0.1) is 13.2 Å². The Bertz CT molecular complexity index is 954. The summed E-state index contributed by atoms with van der Waals surface area (Å²) in [5.41, 5.74) is 3.13. The van der Waals surface area contributed by atoms with Crippen LogP contribution in [-0.4, -0.2) is 74.2 Å². The van der Waals surface area contributed by atoms with Crippen molar-refractivity contribution in [1.82, 2.24) is 9.80 Å². The number of ether oxygens (including phenoxy) is 1. The van der Waals surface area contributed by atoms with E-state index in [1.54, 1.807) is 9.80 Å². The quantitative estimate of drug-likeness (QED) is 0.790. The summed E-state index contributed by atoms with van der Waals surface area (Å²) in [7, 11) is 0. The minimum absolute atomic E-state index is 0.0213. The molecule has 2 heterocycles. The van der Waals surface area contributed by atoms with Crippen molar-refractivity contribution >= 4 is 34.9 Å². The summed E-state index contributed by atoms with van der Waals surface area (Å²) in [5, 5.41) is 3.70. The zero-order valence-corrected chi connectivity index (χ0v) is 18.4. The molecule has 0 spiro atoms. The fourth-order valence-corrected chi connectivity index (χ4v) is 4.16. The van der Waals surface area contributed by atoms with E-state index in [0.717, 1.165) is 24.3 Å². The van der Waals surface area contributed by atoms with Crippen molar-refractivity contribution < 1.29 is 14.3 Å². The largest absolute Gasteiger partial charge is 0.378 e. The Balaban J connectivity index is 1.38. The zero-order valence-electron chi connectivity index (χ0n) is 17.6. The highest BCUT2D eigenvalue weighted by Gasteiger charge is 2.24. The van der Waals surface area contributed by atoms with Gasteiger partial charge in [-0.05, 0) is 42.8 Å². The van der Waals surface area contributed by atoms with E-state index in [4.69, 9.17) is 16.3 Å². The molecule has 2 aliphatic rings. The first-order valence-corrected chi connectivity index (χ1v) is 10.9. The standard InChI is InChI=1S/C23H27ClN4O3/c1-17-20(22(29)27-12-14-31-15-13-27)6-3-7-21(17)25-23(30)28-10-8-26(9-11-28)19-5-2-4-18(24)16-19/h2-7,16H,8-15H2,1H3,(H,25,30). The third-order valence-electron chi connectivity index (χ3n) is 5.84. The molecule has 4 rings (SSSR count). The maximum Gasteiger partial charge on any atom is 0.321 e. The van der Waals surface area contributed by atoms with Crippen LogP contribution in [0, 0.1) is 6.92 Å². The van der Waals surface area contributed by atoms with E-state index in [0.29, 0.717) is 55.7 Å². The molecule has 2 aromatic rings. The van der Waals surface area contributed by atoms with Crippen LogP contribution in [0.5, 0.6) is 0 Å². The van der Waals surface area contributed by atoms with Crippen molar-refractivity contribution in [3.8, 4) is 0 Å². The molecular formula is C23H27ClN4O3. The van der Waals surface area contributed by atoms with Crippen molar-refractivity contribution in [2.45, 2.75) is 6.92 Å². The summed E-state index contributed by atoms with van der Waals surface area (Å²) in [6.07, 6.45) is 0. The van der Waals surface area contributed by atoms with E-state index in [1.807, 2.05) is 49.4 Å². The van der Waals surface area contributed by atoms with E-state index >= 15 is 0 Å². The lowest BCUT2D eigenvalue weighted by molar-refractivity contribution is 0.0302. The molecule has 0 bridgehead atoms. The predicted molar refractivity (Wildman–Crippen MR) is 122 cm³/mol. The molecule has 0 saturated carbocycles. The minimum Gasteiger partial charge on any atom is -0.378 e. The van der Waals surface area contributed by atoms with E-state index in [2.05, 4.69) is 10.2 Å². The van der Waals surface area contributed by atoms with Gasteiger partial charge in [-0.1, -0.05) is 23.7 Å². The highest BCUT2D eigenvalue weighted by atomic mass is 35.5. The van der Waals surface area contributed by atoms with Crippen molar-refractivity contribution in [3.63, 3.8) is 0 Å². The zero-order chi connectivity index (χ0) is 21.8. The molecule has 3 amide bonds. The van der Waals surface area contributed by atoms with Crippen LogP contribution >= 0.6 is 11.6 Å². The molecule has 164 valence electrons. The highest BCUT2D eigenvalue weighted by molar-refractivity contribution is 6.30. The molecule has 31 heavy (non-hydrogen) atoms. The molecule has 2 aliphatic heterocycles. The number of morpholine rings is 1. The second kappa shape index (κ2) is 9.58. The van der Waals surface area contributed by atoms with Gasteiger partial charge in [0.2, 0.25) is 0 Å². The molecule has 0 radical (unpaired) electrons. The maximum absolute atomic E-state index is 12.9. The topological polar surface area (TPSA) is 65.1 Å². The van der Waals surface area contributed by atoms with Crippen molar-refractivity contribution in [1.29, 1.82) is 0 Å².